The van der Waals surface area contributed by atoms with E-state index in [1.54, 1.807) is 37.3 Å². The van der Waals surface area contributed by atoms with Crippen LogP contribution >= 0.6 is 0 Å². The number of rotatable bonds is 7. The van der Waals surface area contributed by atoms with Gasteiger partial charge in [-0.2, -0.15) is 0 Å². The van der Waals surface area contributed by atoms with Gasteiger partial charge in [-0.1, -0.05) is 13.3 Å². The van der Waals surface area contributed by atoms with Gasteiger partial charge >= 0.3 is 11.9 Å². The Morgan fingerprint density at radius 3 is 2.47 bits per heavy atom. The maximum atomic E-state index is 12.0. The number of imidazole rings is 1. The maximum Gasteiger partial charge on any atom is 0.363 e. The molecule has 1 heterocycles. The van der Waals surface area contributed by atoms with Crippen molar-refractivity contribution < 1.29 is 23.6 Å². The monoisotopic (exact) mass is 269 g/mol. The summed E-state index contributed by atoms with van der Waals surface area (Å²) < 4.78 is 13.3. The number of esters is 2. The third-order valence-electron chi connectivity index (χ3n) is 2.56. The summed E-state index contributed by atoms with van der Waals surface area (Å²) in [6, 6.07) is -1.07. The van der Waals surface area contributed by atoms with Crippen molar-refractivity contribution in [2.75, 3.05) is 13.2 Å². The number of carbonyl (C=O) groups is 2. The summed E-state index contributed by atoms with van der Waals surface area (Å²) in [6.07, 6.45) is 6.73. The molecule has 6 nitrogen and oxygen atoms in total. The number of carbonyl (C=O) groups excluding carboxylic acids is 2. The predicted molar refractivity (Wildman–Crippen MR) is 67.1 cm³/mol. The molecule has 1 aromatic heterocycles. The SMILES string of the molecule is CCCCOC(=O)C(C(=O)OCC)[n+]1ccn(C)c1. The maximum absolute atomic E-state index is 12.0. The Morgan fingerprint density at radius 1 is 1.26 bits per heavy atom. The summed E-state index contributed by atoms with van der Waals surface area (Å²) in [7, 11) is 1.81. The molecule has 1 rings (SSSR count). The van der Waals surface area contributed by atoms with Crippen LogP contribution in [-0.4, -0.2) is 29.7 Å². The van der Waals surface area contributed by atoms with Gasteiger partial charge in [-0.3, -0.25) is 0 Å². The lowest BCUT2D eigenvalue weighted by Crippen LogP contribution is -2.48. The molecule has 0 radical (unpaired) electrons. The van der Waals surface area contributed by atoms with Crippen molar-refractivity contribution in [3.63, 3.8) is 0 Å². The summed E-state index contributed by atoms with van der Waals surface area (Å²) in [4.78, 5) is 23.9. The molecule has 1 atom stereocenters. The third-order valence-corrected chi connectivity index (χ3v) is 2.56. The number of ether oxygens (including phenoxy) is 2. The smallest absolute Gasteiger partial charge is 0.363 e. The van der Waals surface area contributed by atoms with Gasteiger partial charge in [0, 0.05) is 0 Å². The first kappa shape index (κ1) is 15.2. The fraction of sp³-hybridized carbons (Fsp3) is 0.615. The number of nitrogens with zero attached hydrogens (tertiary/aromatic N) is 2. The molecule has 0 N–H and O–H groups in total. The van der Waals surface area contributed by atoms with Crippen molar-refractivity contribution in [1.82, 2.24) is 4.57 Å². The zero-order valence-corrected chi connectivity index (χ0v) is 11.7. The van der Waals surface area contributed by atoms with E-state index in [1.807, 2.05) is 6.92 Å². The normalized spacial score (nSPS) is 11.9. The highest BCUT2D eigenvalue weighted by atomic mass is 16.6. The number of hydrogen-bond acceptors (Lipinski definition) is 4. The molecule has 1 unspecified atom stereocenters. The van der Waals surface area contributed by atoms with Crippen molar-refractivity contribution in [3.05, 3.63) is 18.7 Å². The largest absolute Gasteiger partial charge is 0.462 e. The van der Waals surface area contributed by atoms with Crippen LogP contribution in [0.3, 0.4) is 0 Å². The van der Waals surface area contributed by atoms with Gasteiger partial charge in [0.1, 0.15) is 12.4 Å². The summed E-state index contributed by atoms with van der Waals surface area (Å²) >= 11 is 0. The van der Waals surface area contributed by atoms with Gasteiger partial charge in [0.05, 0.1) is 20.3 Å². The third kappa shape index (κ3) is 4.39. The predicted octanol–water partition coefficient (Wildman–Crippen LogP) is 0.760. The second-order valence-corrected chi connectivity index (χ2v) is 4.20. The van der Waals surface area contributed by atoms with Crippen LogP contribution in [-0.2, 0) is 26.1 Å². The first-order chi connectivity index (χ1) is 9.10. The molecule has 106 valence electrons. The molecule has 0 saturated carbocycles. The zero-order valence-electron chi connectivity index (χ0n) is 11.7. The minimum absolute atomic E-state index is 0.227. The second-order valence-electron chi connectivity index (χ2n) is 4.20. The van der Waals surface area contributed by atoms with Crippen LogP contribution < -0.4 is 4.57 Å². The van der Waals surface area contributed by atoms with Crippen molar-refractivity contribution in [2.45, 2.75) is 32.7 Å². The molecule has 6 heteroatoms. The van der Waals surface area contributed by atoms with Crippen LogP contribution in [0.4, 0.5) is 0 Å². The van der Waals surface area contributed by atoms with Crippen LogP contribution in [0.15, 0.2) is 18.7 Å². The lowest BCUT2D eigenvalue weighted by atomic mass is 10.3. The highest BCUT2D eigenvalue weighted by Gasteiger charge is 2.35. The van der Waals surface area contributed by atoms with Gasteiger partial charge in [-0.15, -0.1) is 0 Å². The second kappa shape index (κ2) is 7.56. The van der Waals surface area contributed by atoms with Crippen molar-refractivity contribution in [1.29, 1.82) is 0 Å². The van der Waals surface area contributed by atoms with E-state index in [-0.39, 0.29) is 6.61 Å². The molecule has 0 aliphatic rings. The molecule has 0 saturated heterocycles. The minimum atomic E-state index is -1.07. The summed E-state index contributed by atoms with van der Waals surface area (Å²) in [5.41, 5.74) is 0. The molecule has 0 fully saturated rings. The standard InChI is InChI=1S/C13H21N2O4/c1-4-6-9-19-13(17)11(12(16)18-5-2)15-8-7-14(3)10-15/h7-8,10-11H,4-6,9H2,1-3H3/q+1. The van der Waals surface area contributed by atoms with Crippen LogP contribution in [0.1, 0.15) is 32.7 Å². The van der Waals surface area contributed by atoms with Gasteiger partial charge in [0.25, 0.3) is 6.04 Å². The summed E-state index contributed by atoms with van der Waals surface area (Å²) in [5.74, 6) is -1.18. The fourth-order valence-corrected chi connectivity index (χ4v) is 1.58. The van der Waals surface area contributed by atoms with Crippen LogP contribution in [0, 0.1) is 0 Å². The van der Waals surface area contributed by atoms with E-state index in [1.165, 1.54) is 4.57 Å². The molecular formula is C13H21N2O4+. The van der Waals surface area contributed by atoms with E-state index >= 15 is 0 Å². The summed E-state index contributed by atoms with van der Waals surface area (Å²) in [5, 5.41) is 0. The lowest BCUT2D eigenvalue weighted by Gasteiger charge is -2.11. The van der Waals surface area contributed by atoms with Gasteiger partial charge in [-0.25, -0.2) is 18.7 Å². The van der Waals surface area contributed by atoms with E-state index in [0.29, 0.717) is 6.61 Å². The number of aryl methyl sites for hydroxylation is 1. The van der Waals surface area contributed by atoms with E-state index in [0.717, 1.165) is 12.8 Å². The van der Waals surface area contributed by atoms with E-state index < -0.39 is 18.0 Å². The summed E-state index contributed by atoms with van der Waals surface area (Å²) in [6.45, 7) is 4.25. The zero-order chi connectivity index (χ0) is 14.3. The van der Waals surface area contributed by atoms with Gasteiger partial charge in [0.15, 0.2) is 0 Å². The first-order valence-corrected chi connectivity index (χ1v) is 6.46. The lowest BCUT2D eigenvalue weighted by molar-refractivity contribution is -0.698. The highest BCUT2D eigenvalue weighted by Crippen LogP contribution is 2.05. The van der Waals surface area contributed by atoms with Crippen LogP contribution in [0.2, 0.25) is 0 Å². The van der Waals surface area contributed by atoms with Crippen molar-refractivity contribution >= 4 is 11.9 Å². The Morgan fingerprint density at radius 2 is 1.95 bits per heavy atom. The van der Waals surface area contributed by atoms with E-state index in [2.05, 4.69) is 0 Å². The molecule has 0 spiro atoms. The Kier molecular flexibility index (Phi) is 6.05. The minimum Gasteiger partial charge on any atom is -0.462 e. The van der Waals surface area contributed by atoms with Gasteiger partial charge in [0.2, 0.25) is 6.33 Å². The average molecular weight is 269 g/mol. The number of hydrogen-bond donors (Lipinski definition) is 0. The quantitative estimate of drug-likeness (QED) is 0.317. The topological polar surface area (TPSA) is 61.4 Å². The fourth-order valence-electron chi connectivity index (χ4n) is 1.58. The van der Waals surface area contributed by atoms with Crippen LogP contribution in [0.5, 0.6) is 0 Å². The molecular weight excluding hydrogens is 248 g/mol. The molecule has 0 amide bonds. The number of unbranched alkanes of at least 4 members (excludes halogenated alkanes) is 1. The Bertz CT molecular complexity index is 428. The Balaban J connectivity index is 2.80. The molecule has 0 aromatic carbocycles. The molecule has 0 bridgehead atoms. The molecule has 0 aliphatic heterocycles. The van der Waals surface area contributed by atoms with Gasteiger partial charge in [-0.05, 0) is 13.3 Å². The number of aromatic nitrogens is 2. The molecule has 1 aromatic rings. The Labute approximate surface area is 112 Å². The van der Waals surface area contributed by atoms with E-state index in [4.69, 9.17) is 9.47 Å². The molecule has 19 heavy (non-hydrogen) atoms. The highest BCUT2D eigenvalue weighted by molar-refractivity contribution is 5.95. The molecule has 0 aliphatic carbocycles. The average Bonchev–Trinajstić information content (AvgIpc) is 2.76. The first-order valence-electron chi connectivity index (χ1n) is 6.46. The van der Waals surface area contributed by atoms with Crippen LogP contribution in [0.25, 0.3) is 0 Å². The van der Waals surface area contributed by atoms with Crippen molar-refractivity contribution in [3.8, 4) is 0 Å². The van der Waals surface area contributed by atoms with Gasteiger partial charge < -0.3 is 9.47 Å². The Hall–Kier alpha value is -1.85. The van der Waals surface area contributed by atoms with Crippen molar-refractivity contribution in [2.24, 2.45) is 7.05 Å². The van der Waals surface area contributed by atoms with E-state index in [9.17, 15) is 9.59 Å².